The third-order valence-corrected chi connectivity index (χ3v) is 4.85. The highest BCUT2D eigenvalue weighted by Gasteiger charge is 2.31. The van der Waals surface area contributed by atoms with E-state index in [1.54, 1.807) is 0 Å². The van der Waals surface area contributed by atoms with Crippen molar-refractivity contribution in [1.29, 1.82) is 0 Å². The summed E-state index contributed by atoms with van der Waals surface area (Å²) in [7, 11) is 0. The summed E-state index contributed by atoms with van der Waals surface area (Å²) < 4.78 is 5.53. The molecule has 0 N–H and O–H groups in total. The van der Waals surface area contributed by atoms with Crippen LogP contribution in [0.5, 0.6) is 0 Å². The summed E-state index contributed by atoms with van der Waals surface area (Å²) in [5.41, 5.74) is 1.36. The Kier molecular flexibility index (Phi) is 4.08. The summed E-state index contributed by atoms with van der Waals surface area (Å²) in [5.74, 6) is 2.50. The van der Waals surface area contributed by atoms with E-state index in [2.05, 4.69) is 52.4 Å². The zero-order chi connectivity index (χ0) is 13.9. The number of nitrogens with zero attached hydrogens (tertiary/aromatic N) is 3. The highest BCUT2D eigenvalue weighted by atomic mass is 32.2. The van der Waals surface area contributed by atoms with Gasteiger partial charge in [0, 0.05) is 30.5 Å². The Labute approximate surface area is 123 Å². The van der Waals surface area contributed by atoms with E-state index >= 15 is 0 Å². The van der Waals surface area contributed by atoms with Gasteiger partial charge in [0.05, 0.1) is 6.54 Å². The van der Waals surface area contributed by atoms with E-state index < -0.39 is 0 Å². The lowest BCUT2D eigenvalue weighted by Gasteiger charge is -2.39. The predicted molar refractivity (Wildman–Crippen MR) is 80.5 cm³/mol. The van der Waals surface area contributed by atoms with Gasteiger partial charge in [-0.15, -0.1) is 10.2 Å². The molecule has 0 unspecified atom stereocenters. The molecule has 0 spiro atoms. The van der Waals surface area contributed by atoms with Gasteiger partial charge >= 0.3 is 0 Å². The maximum atomic E-state index is 5.53. The number of hydrogen-bond donors (Lipinski definition) is 0. The maximum Gasteiger partial charge on any atom is 0.230 e. The van der Waals surface area contributed by atoms with Crippen molar-refractivity contribution in [3.63, 3.8) is 0 Å². The Morgan fingerprint density at radius 1 is 1.30 bits per heavy atom. The second-order valence-electron chi connectivity index (χ2n) is 5.12. The molecule has 0 saturated carbocycles. The maximum absolute atomic E-state index is 5.53. The lowest BCUT2D eigenvalue weighted by molar-refractivity contribution is 0.173. The average Bonchev–Trinajstić information content (AvgIpc) is 2.85. The Bertz CT molecular complexity index is 557. The number of hydrogen-bond acceptors (Lipinski definition) is 5. The second-order valence-corrected chi connectivity index (χ2v) is 6.60. The molecule has 1 fully saturated rings. The first-order chi connectivity index (χ1) is 9.74. The van der Waals surface area contributed by atoms with Crippen LogP contribution in [0.15, 0.2) is 34.7 Å². The zero-order valence-corrected chi connectivity index (χ0v) is 12.6. The Morgan fingerprint density at radius 3 is 2.80 bits per heavy atom. The van der Waals surface area contributed by atoms with E-state index in [-0.39, 0.29) is 0 Å². The molecule has 1 saturated heterocycles. The molecular weight excluding hydrogens is 270 g/mol. The van der Waals surface area contributed by atoms with Crippen molar-refractivity contribution in [2.75, 3.05) is 12.3 Å². The topological polar surface area (TPSA) is 42.2 Å². The molecule has 1 aromatic carbocycles. The largest absolute Gasteiger partial charge is 0.424 e. The summed E-state index contributed by atoms with van der Waals surface area (Å²) in [6, 6.07) is 11.1. The quantitative estimate of drug-likeness (QED) is 0.868. The summed E-state index contributed by atoms with van der Waals surface area (Å²) >= 11 is 2.03. The first kappa shape index (κ1) is 13.6. The number of aromatic nitrogens is 2. The molecule has 20 heavy (non-hydrogen) atoms. The highest BCUT2D eigenvalue weighted by Crippen LogP contribution is 2.36. The van der Waals surface area contributed by atoms with Crippen LogP contribution in [0.2, 0.25) is 0 Å². The minimum Gasteiger partial charge on any atom is -0.424 e. The first-order valence-electron chi connectivity index (χ1n) is 6.93. The van der Waals surface area contributed by atoms with E-state index in [1.807, 2.05) is 18.7 Å². The van der Waals surface area contributed by atoms with Crippen LogP contribution in [0.3, 0.4) is 0 Å². The Morgan fingerprint density at radius 2 is 2.10 bits per heavy atom. The van der Waals surface area contributed by atoms with E-state index in [9.17, 15) is 0 Å². The van der Waals surface area contributed by atoms with Crippen LogP contribution in [0.25, 0.3) is 0 Å². The molecular formula is C15H19N3OS. The van der Waals surface area contributed by atoms with Crippen molar-refractivity contribution in [3.8, 4) is 0 Å². The molecule has 0 bridgehead atoms. The van der Waals surface area contributed by atoms with Crippen molar-refractivity contribution in [2.45, 2.75) is 31.7 Å². The van der Waals surface area contributed by atoms with Gasteiger partial charge in [0.15, 0.2) is 0 Å². The van der Waals surface area contributed by atoms with Crippen molar-refractivity contribution >= 4 is 11.8 Å². The zero-order valence-electron chi connectivity index (χ0n) is 11.8. The Hall–Kier alpha value is -1.33. The van der Waals surface area contributed by atoms with Gasteiger partial charge in [-0.3, -0.25) is 4.90 Å². The monoisotopic (exact) mass is 289 g/mol. The fourth-order valence-corrected chi connectivity index (χ4v) is 3.99. The molecule has 2 atom stereocenters. The molecule has 0 radical (unpaired) electrons. The van der Waals surface area contributed by atoms with Gasteiger partial charge in [-0.2, -0.15) is 11.8 Å². The van der Waals surface area contributed by atoms with E-state index in [0.717, 1.165) is 18.8 Å². The van der Waals surface area contributed by atoms with Crippen LogP contribution in [-0.2, 0) is 6.54 Å². The predicted octanol–water partition coefficient (Wildman–Crippen LogP) is 3.06. The number of rotatable bonds is 3. The molecule has 2 aromatic rings. The number of benzene rings is 1. The van der Waals surface area contributed by atoms with Gasteiger partial charge in [0.1, 0.15) is 0 Å². The minimum atomic E-state index is 0.405. The van der Waals surface area contributed by atoms with Crippen LogP contribution in [0.1, 0.15) is 30.3 Å². The molecule has 106 valence electrons. The summed E-state index contributed by atoms with van der Waals surface area (Å²) in [4.78, 5) is 2.45. The molecule has 4 nitrogen and oxygen atoms in total. The fraction of sp³-hybridized carbons (Fsp3) is 0.467. The van der Waals surface area contributed by atoms with Crippen LogP contribution in [-0.4, -0.2) is 32.6 Å². The van der Waals surface area contributed by atoms with Crippen LogP contribution < -0.4 is 0 Å². The average molecular weight is 289 g/mol. The summed E-state index contributed by atoms with van der Waals surface area (Å²) in [6.07, 6.45) is 0. The molecule has 1 aromatic heterocycles. The van der Waals surface area contributed by atoms with Gasteiger partial charge in [-0.05, 0) is 5.56 Å². The smallest absolute Gasteiger partial charge is 0.230 e. The number of aryl methyl sites for hydroxylation is 1. The minimum absolute atomic E-state index is 0.405. The lowest BCUT2D eigenvalue weighted by atomic mass is 10.0. The molecule has 5 heteroatoms. The number of thioether (sulfide) groups is 1. The first-order valence-corrected chi connectivity index (χ1v) is 7.98. The molecule has 0 aliphatic carbocycles. The molecule has 1 aliphatic rings. The molecule has 3 rings (SSSR count). The van der Waals surface area contributed by atoms with Crippen molar-refractivity contribution in [3.05, 3.63) is 47.7 Å². The van der Waals surface area contributed by atoms with Crippen molar-refractivity contribution in [1.82, 2.24) is 15.1 Å². The molecule has 1 aliphatic heterocycles. The molecule has 2 heterocycles. The van der Waals surface area contributed by atoms with E-state index in [1.165, 1.54) is 5.56 Å². The van der Waals surface area contributed by atoms with Gasteiger partial charge in [-0.1, -0.05) is 37.3 Å². The summed E-state index contributed by atoms with van der Waals surface area (Å²) in [6.45, 7) is 5.91. The van der Waals surface area contributed by atoms with Gasteiger partial charge < -0.3 is 4.42 Å². The van der Waals surface area contributed by atoms with Crippen molar-refractivity contribution < 1.29 is 4.42 Å². The second kappa shape index (κ2) is 5.97. The van der Waals surface area contributed by atoms with E-state index in [0.29, 0.717) is 23.1 Å². The summed E-state index contributed by atoms with van der Waals surface area (Å²) in [5, 5.41) is 8.61. The normalized spacial score (nSPS) is 23.9. The van der Waals surface area contributed by atoms with Gasteiger partial charge in [0.2, 0.25) is 11.8 Å². The standard InChI is InChI=1S/C15H19N3OS/c1-11-15(13-6-4-3-5-7-13)18(8-9-20-11)10-14-17-16-12(2)19-14/h3-7,11,15H,8-10H2,1-2H3/t11-,15+/m0/s1. The fourth-order valence-electron chi connectivity index (χ4n) is 2.77. The SMILES string of the molecule is Cc1nnc(CN2CCS[C@@H](C)[C@@H]2c2ccccc2)o1. The lowest BCUT2D eigenvalue weighted by Crippen LogP contribution is -2.39. The van der Waals surface area contributed by atoms with Gasteiger partial charge in [0.25, 0.3) is 0 Å². The molecule has 0 amide bonds. The van der Waals surface area contributed by atoms with E-state index in [4.69, 9.17) is 4.42 Å². The van der Waals surface area contributed by atoms with Crippen LogP contribution in [0.4, 0.5) is 0 Å². The van der Waals surface area contributed by atoms with Crippen molar-refractivity contribution in [2.24, 2.45) is 0 Å². The third-order valence-electron chi connectivity index (χ3n) is 3.64. The Balaban J connectivity index is 1.83. The van der Waals surface area contributed by atoms with Crippen LogP contribution in [0, 0.1) is 6.92 Å². The highest BCUT2D eigenvalue weighted by molar-refractivity contribution is 8.00. The van der Waals surface area contributed by atoms with Crippen LogP contribution >= 0.6 is 11.8 Å². The van der Waals surface area contributed by atoms with Gasteiger partial charge in [-0.25, -0.2) is 0 Å². The third kappa shape index (κ3) is 2.88.